The Morgan fingerprint density at radius 1 is 1.36 bits per heavy atom. The highest BCUT2D eigenvalue weighted by Crippen LogP contribution is 2.31. The number of nitroso groups, excluding NO2 is 1. The monoisotopic (exact) mass is 343 g/mol. The van der Waals surface area contributed by atoms with Gasteiger partial charge in [-0.3, -0.25) is 4.79 Å². The summed E-state index contributed by atoms with van der Waals surface area (Å²) >= 11 is 0. The lowest BCUT2D eigenvalue weighted by atomic mass is 10.0. The fraction of sp³-hybridized carbons (Fsp3) is 0.526. The maximum atomic E-state index is 12.2. The molecule has 134 valence electrons. The molecule has 0 spiro atoms. The van der Waals surface area contributed by atoms with E-state index in [2.05, 4.69) is 54.9 Å². The molecule has 2 fully saturated rings. The van der Waals surface area contributed by atoms with E-state index in [4.69, 9.17) is 0 Å². The molecule has 6 heteroatoms. The first-order valence-corrected chi connectivity index (χ1v) is 8.97. The number of nitrogens with one attached hydrogen (secondary N) is 1. The Bertz CT molecular complexity index is 656. The Hall–Kier alpha value is -2.37. The molecule has 1 amide bonds. The maximum absolute atomic E-state index is 12.2. The highest BCUT2D eigenvalue weighted by atomic mass is 16.3. The molecule has 3 rings (SSSR count). The zero-order valence-electron chi connectivity index (χ0n) is 15.0. The highest BCUT2D eigenvalue weighted by molar-refractivity contribution is 5.86. The molecule has 2 unspecified atom stereocenters. The summed E-state index contributed by atoms with van der Waals surface area (Å²) in [5, 5.41) is 4.76. The van der Waals surface area contributed by atoms with E-state index in [9.17, 15) is 9.70 Å². The highest BCUT2D eigenvalue weighted by Gasteiger charge is 2.47. The van der Waals surface area contributed by atoms with Crippen LogP contribution in [-0.4, -0.2) is 48.1 Å². The fourth-order valence-corrected chi connectivity index (χ4v) is 3.68. The molecular formula is C19H27N4O2+. The minimum absolute atomic E-state index is 0.105. The standard InChI is InChI=1S/C19H26N4O2/c1-4-18(24)20-11-15-12-21(19-9-10-23(25)22(19)13-15)17-7-5-16(6-8-17)14(2)3/h4-8,14-15,19H,1,9-13H2,2-3H3/p+1. The van der Waals surface area contributed by atoms with Crippen molar-refractivity contribution >= 4 is 11.6 Å². The smallest absolute Gasteiger partial charge is 0.243 e. The van der Waals surface area contributed by atoms with Gasteiger partial charge in [-0.2, -0.15) is 0 Å². The number of hydrazine groups is 1. The van der Waals surface area contributed by atoms with Crippen LogP contribution in [0.25, 0.3) is 0 Å². The summed E-state index contributed by atoms with van der Waals surface area (Å²) in [5.41, 5.74) is 2.44. The summed E-state index contributed by atoms with van der Waals surface area (Å²) in [6.45, 7) is 10.4. The molecule has 1 aromatic rings. The van der Waals surface area contributed by atoms with Crippen LogP contribution >= 0.6 is 0 Å². The zero-order valence-corrected chi connectivity index (χ0v) is 15.0. The first-order valence-electron chi connectivity index (χ1n) is 8.97. The van der Waals surface area contributed by atoms with Gasteiger partial charge in [-0.1, -0.05) is 32.6 Å². The summed E-state index contributed by atoms with van der Waals surface area (Å²) in [6.07, 6.45) is 2.22. The quantitative estimate of drug-likeness (QED) is 0.658. The molecular weight excluding hydrogens is 316 g/mol. The maximum Gasteiger partial charge on any atom is 0.243 e. The number of rotatable bonds is 5. The lowest BCUT2D eigenvalue weighted by molar-refractivity contribution is -0.692. The summed E-state index contributed by atoms with van der Waals surface area (Å²) < 4.78 is 0. The zero-order chi connectivity index (χ0) is 18.0. The van der Waals surface area contributed by atoms with Gasteiger partial charge in [-0.15, -0.1) is 5.01 Å². The van der Waals surface area contributed by atoms with E-state index in [1.54, 1.807) is 0 Å². The predicted octanol–water partition coefficient (Wildman–Crippen LogP) is 2.27. The van der Waals surface area contributed by atoms with Crippen molar-refractivity contribution in [3.63, 3.8) is 0 Å². The Morgan fingerprint density at radius 2 is 2.08 bits per heavy atom. The second-order valence-electron chi connectivity index (χ2n) is 7.18. The molecule has 0 aromatic heterocycles. The van der Waals surface area contributed by atoms with Crippen LogP contribution in [0.2, 0.25) is 0 Å². The molecule has 0 bridgehead atoms. The van der Waals surface area contributed by atoms with E-state index in [1.165, 1.54) is 11.6 Å². The van der Waals surface area contributed by atoms with E-state index in [-0.39, 0.29) is 18.0 Å². The molecule has 2 saturated heterocycles. The number of carbonyl (C=O) groups is 1. The molecule has 0 aliphatic carbocycles. The number of benzene rings is 1. The number of anilines is 1. The average Bonchev–Trinajstić information content (AvgIpc) is 3.00. The number of amides is 1. The van der Waals surface area contributed by atoms with Gasteiger partial charge in [0.1, 0.15) is 4.87 Å². The van der Waals surface area contributed by atoms with Gasteiger partial charge in [0.25, 0.3) is 0 Å². The molecule has 2 aliphatic heterocycles. The van der Waals surface area contributed by atoms with E-state index >= 15 is 0 Å². The Labute approximate surface area is 149 Å². The van der Waals surface area contributed by atoms with Crippen molar-refractivity contribution in [3.05, 3.63) is 47.4 Å². The van der Waals surface area contributed by atoms with Gasteiger partial charge in [0.05, 0.1) is 17.9 Å². The summed E-state index contributed by atoms with van der Waals surface area (Å²) in [5.74, 6) is 0.521. The van der Waals surface area contributed by atoms with Crippen LogP contribution in [-0.2, 0) is 4.79 Å². The molecule has 0 saturated carbocycles. The SMILES string of the molecule is C=CC(=O)NCC1CN(c2ccc(C(C)C)cc2)C2CC[N+](=O)N2C1. The molecule has 25 heavy (non-hydrogen) atoms. The second-order valence-corrected chi connectivity index (χ2v) is 7.18. The average molecular weight is 343 g/mol. The molecule has 0 radical (unpaired) electrons. The molecule has 1 N–H and O–H groups in total. The number of fused-ring (bicyclic) bond motifs is 1. The van der Waals surface area contributed by atoms with Crippen molar-refractivity contribution in [2.24, 2.45) is 5.92 Å². The molecule has 6 nitrogen and oxygen atoms in total. The van der Waals surface area contributed by atoms with Gasteiger partial charge in [-0.25, -0.2) is 0 Å². The van der Waals surface area contributed by atoms with Gasteiger partial charge in [0.15, 0.2) is 6.17 Å². The Balaban J connectivity index is 1.78. The molecule has 2 atom stereocenters. The van der Waals surface area contributed by atoms with Gasteiger partial charge >= 0.3 is 0 Å². The minimum Gasteiger partial charge on any atom is -0.352 e. The third-order valence-corrected chi connectivity index (χ3v) is 5.11. The number of hydrogen-bond acceptors (Lipinski definition) is 3. The number of nitrogens with zero attached hydrogens (tertiary/aromatic N) is 3. The van der Waals surface area contributed by atoms with Gasteiger partial charge in [0.2, 0.25) is 12.5 Å². The van der Waals surface area contributed by atoms with Crippen molar-refractivity contribution in [1.82, 2.24) is 10.3 Å². The van der Waals surface area contributed by atoms with Gasteiger partial charge in [-0.05, 0) is 29.7 Å². The normalized spacial score (nSPS) is 22.9. The van der Waals surface area contributed by atoms with Crippen molar-refractivity contribution in [1.29, 1.82) is 0 Å². The summed E-state index contributed by atoms with van der Waals surface area (Å²) in [4.78, 5) is 27.0. The van der Waals surface area contributed by atoms with Gasteiger partial charge < -0.3 is 10.2 Å². The Morgan fingerprint density at radius 3 is 2.72 bits per heavy atom. The van der Waals surface area contributed by atoms with Crippen molar-refractivity contribution in [3.8, 4) is 0 Å². The van der Waals surface area contributed by atoms with Crippen LogP contribution in [0.1, 0.15) is 31.7 Å². The largest absolute Gasteiger partial charge is 0.352 e. The van der Waals surface area contributed by atoms with E-state index < -0.39 is 0 Å². The van der Waals surface area contributed by atoms with Crippen LogP contribution in [0.3, 0.4) is 0 Å². The predicted molar refractivity (Wildman–Crippen MR) is 98.2 cm³/mol. The van der Waals surface area contributed by atoms with E-state index in [0.29, 0.717) is 25.6 Å². The van der Waals surface area contributed by atoms with Gasteiger partial charge in [0, 0.05) is 24.7 Å². The fourth-order valence-electron chi connectivity index (χ4n) is 3.68. The van der Waals surface area contributed by atoms with Crippen LogP contribution < -0.4 is 10.2 Å². The first-order chi connectivity index (χ1) is 12.0. The van der Waals surface area contributed by atoms with Crippen LogP contribution in [0.5, 0.6) is 0 Å². The Kier molecular flexibility index (Phi) is 5.06. The molecule has 2 heterocycles. The number of hydrogen-bond donors (Lipinski definition) is 1. The van der Waals surface area contributed by atoms with E-state index in [1.807, 2.05) is 5.01 Å². The summed E-state index contributed by atoms with van der Waals surface area (Å²) in [7, 11) is 0. The number of carbonyl (C=O) groups excluding carboxylic acids is 1. The lowest BCUT2D eigenvalue weighted by Gasteiger charge is -2.40. The van der Waals surface area contributed by atoms with Crippen LogP contribution in [0, 0.1) is 10.8 Å². The molecule has 1 aromatic carbocycles. The minimum atomic E-state index is -0.171. The van der Waals surface area contributed by atoms with Crippen molar-refractivity contribution < 1.29 is 9.66 Å². The molecule has 2 aliphatic rings. The van der Waals surface area contributed by atoms with Crippen molar-refractivity contribution in [2.75, 3.05) is 31.1 Å². The first kappa shape index (κ1) is 17.5. The third kappa shape index (κ3) is 3.67. The summed E-state index contributed by atoms with van der Waals surface area (Å²) in [6, 6.07) is 8.62. The van der Waals surface area contributed by atoms with Crippen LogP contribution in [0.15, 0.2) is 36.9 Å². The van der Waals surface area contributed by atoms with Crippen molar-refractivity contribution in [2.45, 2.75) is 32.4 Å². The second kappa shape index (κ2) is 7.25. The lowest BCUT2D eigenvalue weighted by Crippen LogP contribution is -2.57. The third-order valence-electron chi connectivity index (χ3n) is 5.11. The van der Waals surface area contributed by atoms with Crippen LogP contribution in [0.4, 0.5) is 5.69 Å². The van der Waals surface area contributed by atoms with E-state index in [0.717, 1.165) is 23.5 Å². The topological polar surface area (TPSA) is 55.7 Å².